The number of rotatable bonds is 24. The largest absolute Gasteiger partial charge is 0.756 e. The number of unbranched alkanes of at least 4 members (excludes halogenated alkanes) is 12. The molecule has 0 heterocycles. The van der Waals surface area contributed by atoms with Crippen molar-refractivity contribution < 1.29 is 42.4 Å². The van der Waals surface area contributed by atoms with Crippen LogP contribution in [0.4, 0.5) is 0 Å². The van der Waals surface area contributed by atoms with Crippen molar-refractivity contribution >= 4 is 25.7 Å². The van der Waals surface area contributed by atoms with E-state index in [1.807, 2.05) is 0 Å². The van der Waals surface area contributed by atoms with Crippen molar-refractivity contribution in [1.82, 2.24) is 5.32 Å². The van der Waals surface area contributed by atoms with Crippen LogP contribution >= 0.6 is 7.82 Å². The van der Waals surface area contributed by atoms with Gasteiger partial charge in [0.25, 0.3) is 7.82 Å². The third-order valence-corrected chi connectivity index (χ3v) is 6.36. The molecule has 1 amide bonds. The molecule has 0 bridgehead atoms. The van der Waals surface area contributed by atoms with E-state index in [9.17, 15) is 23.8 Å². The summed E-state index contributed by atoms with van der Waals surface area (Å²) in [6.45, 7) is 3.51. The highest BCUT2D eigenvalue weighted by Gasteiger charge is 2.19. The SMILES string of the molecule is CCCCCCCCCCCCCCCC(=O)OC[C@H](COP(=O)([O-])OCCNC(C)=O)OC(C)=O. The Morgan fingerprint density at radius 3 is 1.83 bits per heavy atom. The lowest BCUT2D eigenvalue weighted by atomic mass is 10.0. The maximum Gasteiger partial charge on any atom is 0.305 e. The molecule has 0 aromatic rings. The van der Waals surface area contributed by atoms with Crippen molar-refractivity contribution in [3.05, 3.63) is 0 Å². The zero-order valence-corrected chi connectivity index (χ0v) is 23.3. The fourth-order valence-corrected chi connectivity index (χ4v) is 4.23. The Balaban J connectivity index is 3.92. The highest BCUT2D eigenvalue weighted by molar-refractivity contribution is 7.45. The molecular weight excluding hydrogens is 489 g/mol. The molecule has 0 saturated carbocycles. The van der Waals surface area contributed by atoms with Crippen LogP contribution in [-0.4, -0.2) is 50.3 Å². The number of nitrogens with one attached hydrogen (secondary N) is 1. The van der Waals surface area contributed by atoms with Crippen LogP contribution in [0.2, 0.25) is 0 Å². The van der Waals surface area contributed by atoms with Crippen molar-refractivity contribution in [1.29, 1.82) is 0 Å². The van der Waals surface area contributed by atoms with E-state index in [0.717, 1.165) is 19.8 Å². The second-order valence-corrected chi connectivity index (χ2v) is 10.4. The van der Waals surface area contributed by atoms with E-state index in [-0.39, 0.29) is 32.1 Å². The number of hydrogen-bond acceptors (Lipinski definition) is 9. The number of amides is 1. The molecule has 0 aliphatic heterocycles. The van der Waals surface area contributed by atoms with Gasteiger partial charge >= 0.3 is 11.9 Å². The van der Waals surface area contributed by atoms with E-state index >= 15 is 0 Å². The highest BCUT2D eigenvalue weighted by atomic mass is 31.2. The number of carbonyl (C=O) groups excluding carboxylic acids is 3. The Morgan fingerprint density at radius 2 is 1.33 bits per heavy atom. The minimum absolute atomic E-state index is 0.00486. The van der Waals surface area contributed by atoms with Gasteiger partial charge in [-0.15, -0.1) is 0 Å². The van der Waals surface area contributed by atoms with Gasteiger partial charge in [-0.1, -0.05) is 84.0 Å². The van der Waals surface area contributed by atoms with Gasteiger partial charge in [0.05, 0.1) is 13.2 Å². The van der Waals surface area contributed by atoms with Crippen LogP contribution in [0.15, 0.2) is 0 Å². The van der Waals surface area contributed by atoms with Gasteiger partial charge in [-0.25, -0.2) is 0 Å². The molecule has 36 heavy (non-hydrogen) atoms. The van der Waals surface area contributed by atoms with Gasteiger partial charge < -0.3 is 28.7 Å². The van der Waals surface area contributed by atoms with Gasteiger partial charge in [0.15, 0.2) is 6.10 Å². The summed E-state index contributed by atoms with van der Waals surface area (Å²) in [4.78, 5) is 45.8. The minimum Gasteiger partial charge on any atom is -0.756 e. The average Bonchev–Trinajstić information content (AvgIpc) is 2.81. The number of ether oxygens (including phenoxy) is 2. The molecule has 0 spiro atoms. The second kappa shape index (κ2) is 22.7. The van der Waals surface area contributed by atoms with Crippen LogP contribution in [0, 0.1) is 0 Å². The van der Waals surface area contributed by atoms with Gasteiger partial charge in [0.2, 0.25) is 5.91 Å². The van der Waals surface area contributed by atoms with E-state index in [0.29, 0.717) is 6.42 Å². The number of carbonyl (C=O) groups is 3. The first-order valence-corrected chi connectivity index (χ1v) is 14.8. The molecule has 10 nitrogen and oxygen atoms in total. The first kappa shape index (κ1) is 34.5. The van der Waals surface area contributed by atoms with Gasteiger partial charge in [0, 0.05) is 26.8 Å². The molecular formula is C25H47NO9P-. The van der Waals surface area contributed by atoms with Crippen LogP contribution in [0.3, 0.4) is 0 Å². The lowest BCUT2D eigenvalue weighted by Gasteiger charge is -2.25. The maximum absolute atomic E-state index is 12.0. The highest BCUT2D eigenvalue weighted by Crippen LogP contribution is 2.38. The molecule has 0 saturated heterocycles. The van der Waals surface area contributed by atoms with Crippen LogP contribution in [0.5, 0.6) is 0 Å². The Bertz CT molecular complexity index is 645. The maximum atomic E-state index is 12.0. The molecule has 0 fully saturated rings. The molecule has 1 N–H and O–H groups in total. The molecule has 0 aliphatic rings. The Morgan fingerprint density at radius 1 is 0.806 bits per heavy atom. The van der Waals surface area contributed by atoms with E-state index in [1.54, 1.807) is 0 Å². The Kier molecular flexibility index (Phi) is 21.8. The smallest absolute Gasteiger partial charge is 0.305 e. The van der Waals surface area contributed by atoms with Crippen LogP contribution in [0.1, 0.15) is 111 Å². The zero-order valence-electron chi connectivity index (χ0n) is 22.4. The van der Waals surface area contributed by atoms with Crippen molar-refractivity contribution in [3.8, 4) is 0 Å². The molecule has 0 aromatic heterocycles. The quantitative estimate of drug-likeness (QED) is 0.107. The Hall–Kier alpha value is -1.48. The topological polar surface area (TPSA) is 140 Å². The van der Waals surface area contributed by atoms with Gasteiger partial charge in [-0.05, 0) is 6.42 Å². The summed E-state index contributed by atoms with van der Waals surface area (Å²) in [5.74, 6) is -1.42. The summed E-state index contributed by atoms with van der Waals surface area (Å²) in [6, 6.07) is 0. The van der Waals surface area contributed by atoms with Crippen molar-refractivity contribution in [2.24, 2.45) is 0 Å². The van der Waals surface area contributed by atoms with Crippen molar-refractivity contribution in [2.75, 3.05) is 26.4 Å². The van der Waals surface area contributed by atoms with Gasteiger partial charge in [-0.3, -0.25) is 18.9 Å². The fourth-order valence-electron chi connectivity index (χ4n) is 3.49. The fraction of sp³-hybridized carbons (Fsp3) is 0.880. The predicted molar refractivity (Wildman–Crippen MR) is 135 cm³/mol. The first-order valence-electron chi connectivity index (χ1n) is 13.3. The van der Waals surface area contributed by atoms with Gasteiger partial charge in [0.1, 0.15) is 6.61 Å². The minimum atomic E-state index is -4.67. The number of hydrogen-bond donors (Lipinski definition) is 1. The van der Waals surface area contributed by atoms with Crippen LogP contribution in [0.25, 0.3) is 0 Å². The molecule has 212 valence electrons. The normalized spacial score (nSPS) is 13.6. The molecule has 11 heteroatoms. The summed E-state index contributed by atoms with van der Waals surface area (Å²) < 4.78 is 31.2. The average molecular weight is 537 g/mol. The third-order valence-electron chi connectivity index (χ3n) is 5.39. The monoisotopic (exact) mass is 536 g/mol. The van der Waals surface area contributed by atoms with E-state index in [1.165, 1.54) is 71.1 Å². The lowest BCUT2D eigenvalue weighted by Crippen LogP contribution is -2.30. The van der Waals surface area contributed by atoms with Crippen molar-refractivity contribution in [2.45, 2.75) is 117 Å². The zero-order chi connectivity index (χ0) is 27.1. The molecule has 2 atom stereocenters. The molecule has 0 rings (SSSR count). The van der Waals surface area contributed by atoms with Crippen molar-refractivity contribution in [3.63, 3.8) is 0 Å². The summed E-state index contributed by atoms with van der Waals surface area (Å²) >= 11 is 0. The number of esters is 2. The Labute approximate surface area is 216 Å². The summed E-state index contributed by atoms with van der Waals surface area (Å²) in [5, 5.41) is 2.38. The number of phosphoric ester groups is 1. The van der Waals surface area contributed by atoms with E-state index in [4.69, 9.17) is 14.0 Å². The summed E-state index contributed by atoms with van der Waals surface area (Å²) in [5.41, 5.74) is 0. The third kappa shape index (κ3) is 24.2. The van der Waals surface area contributed by atoms with Crippen LogP contribution in [-0.2, 0) is 37.5 Å². The van der Waals surface area contributed by atoms with E-state index in [2.05, 4.69) is 16.8 Å². The second-order valence-electron chi connectivity index (χ2n) is 8.97. The molecule has 0 aliphatic carbocycles. The summed E-state index contributed by atoms with van der Waals surface area (Å²) in [6.07, 6.45) is 14.9. The standard InChI is InChI=1S/C25H48NO9P/c1-4-5-6-7-8-9-10-11-12-13-14-15-16-17-25(29)32-20-24(35-23(3)28)21-34-36(30,31)33-19-18-26-22(2)27/h24H,4-21H2,1-3H3,(H,26,27)(H,30,31)/p-1/t24-/m1/s1. The van der Waals surface area contributed by atoms with Gasteiger partial charge in [-0.2, -0.15) is 0 Å². The lowest BCUT2D eigenvalue weighted by molar-refractivity contribution is -0.228. The molecule has 1 unspecified atom stereocenters. The molecule has 0 radical (unpaired) electrons. The summed E-state index contributed by atoms with van der Waals surface area (Å²) in [7, 11) is -4.67. The first-order chi connectivity index (χ1) is 17.2. The number of phosphoric acid groups is 1. The molecule has 0 aromatic carbocycles. The van der Waals surface area contributed by atoms with E-state index < -0.39 is 32.5 Å². The predicted octanol–water partition coefficient (Wildman–Crippen LogP) is 4.58. The van der Waals surface area contributed by atoms with Crippen LogP contribution < -0.4 is 10.2 Å².